The number of aryl methyl sites for hydroxylation is 2. The fraction of sp³-hybridized carbons (Fsp3) is 0.176. The first kappa shape index (κ1) is 14.0. The first-order valence-electron chi connectivity index (χ1n) is 6.40. The second-order valence-electron chi connectivity index (χ2n) is 4.73. The second-order valence-corrected chi connectivity index (χ2v) is 4.73. The smallest absolute Gasteiger partial charge is 0.338 e. The number of ether oxygens (including phenoxy) is 1. The van der Waals surface area contributed by atoms with Gasteiger partial charge in [0, 0.05) is 5.56 Å². The van der Waals surface area contributed by atoms with Gasteiger partial charge in [0.2, 0.25) is 0 Å². The van der Waals surface area contributed by atoms with Crippen molar-refractivity contribution in [2.24, 2.45) is 0 Å². The van der Waals surface area contributed by atoms with Crippen LogP contribution >= 0.6 is 0 Å². The Balaban J connectivity index is 1.96. The number of carbonyl (C=O) groups excluding carboxylic acids is 2. The summed E-state index contributed by atoms with van der Waals surface area (Å²) in [5.74, 6) is -0.680. The van der Waals surface area contributed by atoms with Gasteiger partial charge in [-0.3, -0.25) is 4.79 Å². The summed E-state index contributed by atoms with van der Waals surface area (Å²) in [6.07, 6.45) is 0. The molecule has 0 bridgehead atoms. The molecule has 0 saturated heterocycles. The SMILES string of the molecule is Cc1ccc(C(=O)COC(=O)c2cccc(C)c2)cc1. The second kappa shape index (κ2) is 6.15. The van der Waals surface area contributed by atoms with Crippen LogP contribution in [0.25, 0.3) is 0 Å². The Morgan fingerprint density at radius 1 is 0.900 bits per heavy atom. The predicted molar refractivity (Wildman–Crippen MR) is 77.0 cm³/mol. The van der Waals surface area contributed by atoms with Gasteiger partial charge in [0.1, 0.15) is 0 Å². The zero-order valence-electron chi connectivity index (χ0n) is 11.6. The average molecular weight is 268 g/mol. The molecule has 0 N–H and O–H groups in total. The van der Waals surface area contributed by atoms with E-state index in [1.54, 1.807) is 30.3 Å². The molecule has 0 atom stereocenters. The molecule has 20 heavy (non-hydrogen) atoms. The maximum atomic E-state index is 11.9. The third kappa shape index (κ3) is 3.54. The zero-order chi connectivity index (χ0) is 14.5. The molecule has 0 unspecified atom stereocenters. The number of benzene rings is 2. The highest BCUT2D eigenvalue weighted by atomic mass is 16.5. The number of hydrogen-bond acceptors (Lipinski definition) is 3. The van der Waals surface area contributed by atoms with Gasteiger partial charge in [0.25, 0.3) is 0 Å². The molecular weight excluding hydrogens is 252 g/mol. The van der Waals surface area contributed by atoms with Crippen LogP contribution in [0.1, 0.15) is 31.8 Å². The predicted octanol–water partition coefficient (Wildman–Crippen LogP) is 3.34. The van der Waals surface area contributed by atoms with E-state index in [1.165, 1.54) is 0 Å². The molecule has 2 aromatic carbocycles. The highest BCUT2D eigenvalue weighted by Crippen LogP contribution is 2.08. The molecule has 0 heterocycles. The van der Waals surface area contributed by atoms with Crippen LogP contribution in [0, 0.1) is 13.8 Å². The van der Waals surface area contributed by atoms with E-state index in [-0.39, 0.29) is 12.4 Å². The summed E-state index contributed by atoms with van der Waals surface area (Å²) in [6.45, 7) is 3.61. The maximum Gasteiger partial charge on any atom is 0.338 e. The van der Waals surface area contributed by atoms with Gasteiger partial charge in [-0.15, -0.1) is 0 Å². The number of ketones is 1. The molecule has 0 aliphatic heterocycles. The molecule has 0 radical (unpaired) electrons. The van der Waals surface area contributed by atoms with Crippen molar-refractivity contribution < 1.29 is 14.3 Å². The standard InChI is InChI=1S/C17H16O3/c1-12-6-8-14(9-7-12)16(18)11-20-17(19)15-5-3-4-13(2)10-15/h3-10H,11H2,1-2H3. The van der Waals surface area contributed by atoms with E-state index >= 15 is 0 Å². The molecule has 2 rings (SSSR count). The molecule has 3 nitrogen and oxygen atoms in total. The molecule has 102 valence electrons. The van der Waals surface area contributed by atoms with E-state index in [1.807, 2.05) is 32.0 Å². The van der Waals surface area contributed by atoms with Gasteiger partial charge in [-0.1, -0.05) is 47.5 Å². The van der Waals surface area contributed by atoms with Crippen LogP contribution in [0.15, 0.2) is 48.5 Å². The van der Waals surface area contributed by atoms with Crippen LogP contribution in [0.4, 0.5) is 0 Å². The summed E-state index contributed by atoms with van der Waals surface area (Å²) in [7, 11) is 0. The molecule has 0 amide bonds. The summed E-state index contributed by atoms with van der Waals surface area (Å²) < 4.78 is 5.04. The summed E-state index contributed by atoms with van der Waals surface area (Å²) in [5.41, 5.74) is 3.07. The molecule has 0 aliphatic rings. The number of hydrogen-bond donors (Lipinski definition) is 0. The largest absolute Gasteiger partial charge is 0.454 e. The van der Waals surface area contributed by atoms with Crippen molar-refractivity contribution >= 4 is 11.8 Å². The number of rotatable bonds is 4. The average Bonchev–Trinajstić information content (AvgIpc) is 2.45. The van der Waals surface area contributed by atoms with Gasteiger partial charge in [0.15, 0.2) is 12.4 Å². The van der Waals surface area contributed by atoms with Gasteiger partial charge in [0.05, 0.1) is 5.56 Å². The van der Waals surface area contributed by atoms with Crippen LogP contribution in [0.2, 0.25) is 0 Å². The Hall–Kier alpha value is -2.42. The van der Waals surface area contributed by atoms with E-state index in [0.717, 1.165) is 11.1 Å². The molecule has 0 aliphatic carbocycles. The first-order valence-corrected chi connectivity index (χ1v) is 6.40. The highest BCUT2D eigenvalue weighted by molar-refractivity contribution is 5.99. The Morgan fingerprint density at radius 3 is 2.25 bits per heavy atom. The Labute approximate surface area is 118 Å². The van der Waals surface area contributed by atoms with Crippen LogP contribution in [0.5, 0.6) is 0 Å². The Bertz CT molecular complexity index is 627. The van der Waals surface area contributed by atoms with Crippen molar-refractivity contribution in [1.29, 1.82) is 0 Å². The topological polar surface area (TPSA) is 43.4 Å². The molecule has 0 aromatic heterocycles. The van der Waals surface area contributed by atoms with Crippen molar-refractivity contribution in [2.45, 2.75) is 13.8 Å². The van der Waals surface area contributed by atoms with Gasteiger partial charge in [-0.05, 0) is 26.0 Å². The van der Waals surface area contributed by atoms with Crippen molar-refractivity contribution in [3.63, 3.8) is 0 Å². The van der Waals surface area contributed by atoms with Crippen molar-refractivity contribution in [1.82, 2.24) is 0 Å². The van der Waals surface area contributed by atoms with E-state index in [4.69, 9.17) is 4.74 Å². The van der Waals surface area contributed by atoms with Crippen LogP contribution < -0.4 is 0 Å². The third-order valence-electron chi connectivity index (χ3n) is 2.96. The lowest BCUT2D eigenvalue weighted by Gasteiger charge is -2.05. The molecule has 0 fully saturated rings. The van der Waals surface area contributed by atoms with Gasteiger partial charge >= 0.3 is 5.97 Å². The van der Waals surface area contributed by atoms with Crippen LogP contribution in [-0.4, -0.2) is 18.4 Å². The van der Waals surface area contributed by atoms with Crippen molar-refractivity contribution in [2.75, 3.05) is 6.61 Å². The quantitative estimate of drug-likeness (QED) is 0.631. The maximum absolute atomic E-state index is 11.9. The van der Waals surface area contributed by atoms with Gasteiger partial charge in [-0.2, -0.15) is 0 Å². The first-order chi connectivity index (χ1) is 9.56. The molecule has 2 aromatic rings. The normalized spacial score (nSPS) is 10.1. The van der Waals surface area contributed by atoms with Gasteiger partial charge in [-0.25, -0.2) is 4.79 Å². The molecule has 3 heteroatoms. The number of Topliss-reactive ketones (excluding diaryl/α,β-unsaturated/α-hetero) is 1. The zero-order valence-corrected chi connectivity index (χ0v) is 11.6. The molecule has 0 saturated carbocycles. The van der Waals surface area contributed by atoms with E-state index < -0.39 is 5.97 Å². The minimum absolute atomic E-state index is 0.203. The lowest BCUT2D eigenvalue weighted by atomic mass is 10.1. The highest BCUT2D eigenvalue weighted by Gasteiger charge is 2.11. The Kier molecular flexibility index (Phi) is 4.31. The summed E-state index contributed by atoms with van der Waals surface area (Å²) >= 11 is 0. The molecule has 0 spiro atoms. The van der Waals surface area contributed by atoms with E-state index in [9.17, 15) is 9.59 Å². The number of esters is 1. The number of carbonyl (C=O) groups is 2. The molecular formula is C17H16O3. The summed E-state index contributed by atoms with van der Waals surface area (Å²) in [4.78, 5) is 23.7. The van der Waals surface area contributed by atoms with Crippen LogP contribution in [-0.2, 0) is 4.74 Å². The fourth-order valence-electron chi connectivity index (χ4n) is 1.81. The van der Waals surface area contributed by atoms with Crippen LogP contribution in [0.3, 0.4) is 0 Å². The van der Waals surface area contributed by atoms with E-state index in [0.29, 0.717) is 11.1 Å². The fourth-order valence-corrected chi connectivity index (χ4v) is 1.81. The minimum Gasteiger partial charge on any atom is -0.454 e. The third-order valence-corrected chi connectivity index (χ3v) is 2.96. The Morgan fingerprint density at radius 2 is 1.60 bits per heavy atom. The summed E-state index contributed by atoms with van der Waals surface area (Å²) in [6, 6.07) is 14.3. The van der Waals surface area contributed by atoms with E-state index in [2.05, 4.69) is 0 Å². The lowest BCUT2D eigenvalue weighted by Crippen LogP contribution is -2.14. The van der Waals surface area contributed by atoms with Crippen molar-refractivity contribution in [3.8, 4) is 0 Å². The lowest BCUT2D eigenvalue weighted by molar-refractivity contribution is 0.0474. The monoisotopic (exact) mass is 268 g/mol. The van der Waals surface area contributed by atoms with Gasteiger partial charge < -0.3 is 4.74 Å². The minimum atomic E-state index is -0.478. The summed E-state index contributed by atoms with van der Waals surface area (Å²) in [5, 5.41) is 0. The van der Waals surface area contributed by atoms with Crippen molar-refractivity contribution in [3.05, 3.63) is 70.8 Å².